The highest BCUT2D eigenvalue weighted by Crippen LogP contribution is 2.15. The monoisotopic (exact) mass is 299 g/mol. The minimum Gasteiger partial charge on any atom is -0.497 e. The second-order valence-electron chi connectivity index (χ2n) is 4.52. The summed E-state index contributed by atoms with van der Waals surface area (Å²) in [6.07, 6.45) is 1.87. The predicted molar refractivity (Wildman–Crippen MR) is 84.1 cm³/mol. The van der Waals surface area contributed by atoms with Crippen LogP contribution in [0.2, 0.25) is 0 Å². The van der Waals surface area contributed by atoms with Gasteiger partial charge in [-0.25, -0.2) is 4.98 Å². The average molecular weight is 299 g/mol. The third-order valence-corrected chi connectivity index (χ3v) is 2.94. The third kappa shape index (κ3) is 4.05. The number of ether oxygens (including phenoxy) is 1. The third-order valence-electron chi connectivity index (χ3n) is 2.94. The molecule has 1 heterocycles. The van der Waals surface area contributed by atoms with Gasteiger partial charge in [0.15, 0.2) is 0 Å². The van der Waals surface area contributed by atoms with Gasteiger partial charge in [-0.05, 0) is 30.3 Å². The Morgan fingerprint density at radius 2 is 2.00 bits per heavy atom. The summed E-state index contributed by atoms with van der Waals surface area (Å²) in [7, 11) is 1.55. The van der Waals surface area contributed by atoms with Gasteiger partial charge in [0.1, 0.15) is 11.6 Å². The number of rotatable bonds is 5. The fourth-order valence-electron chi connectivity index (χ4n) is 1.74. The van der Waals surface area contributed by atoms with E-state index in [4.69, 9.17) is 4.74 Å². The molecule has 2 rings (SSSR count). The summed E-state index contributed by atoms with van der Waals surface area (Å²) < 4.78 is 5.09. The van der Waals surface area contributed by atoms with Crippen molar-refractivity contribution in [1.29, 1.82) is 0 Å². The molecular weight excluding hydrogens is 282 g/mol. The molecular formula is C16H17N3O3. The van der Waals surface area contributed by atoms with E-state index in [1.165, 1.54) is 6.20 Å². The average Bonchev–Trinajstić information content (AvgIpc) is 2.56. The number of pyridine rings is 1. The first-order valence-electron chi connectivity index (χ1n) is 6.83. The molecule has 22 heavy (non-hydrogen) atoms. The van der Waals surface area contributed by atoms with Crippen LogP contribution in [0.15, 0.2) is 42.6 Å². The number of benzene rings is 1. The highest BCUT2D eigenvalue weighted by atomic mass is 16.5. The Kier molecular flexibility index (Phi) is 5.08. The molecule has 0 saturated carbocycles. The second kappa shape index (κ2) is 7.21. The maximum atomic E-state index is 12.1. The topological polar surface area (TPSA) is 80.3 Å². The van der Waals surface area contributed by atoms with E-state index in [1.807, 2.05) is 0 Å². The molecule has 0 unspecified atom stereocenters. The first kappa shape index (κ1) is 15.5. The molecule has 6 heteroatoms. The van der Waals surface area contributed by atoms with Gasteiger partial charge >= 0.3 is 0 Å². The molecule has 0 saturated heterocycles. The van der Waals surface area contributed by atoms with Crippen LogP contribution in [0.1, 0.15) is 23.7 Å². The Labute approximate surface area is 128 Å². The predicted octanol–water partition coefficient (Wildman–Crippen LogP) is 2.69. The first-order valence-corrected chi connectivity index (χ1v) is 6.83. The van der Waals surface area contributed by atoms with Crippen molar-refractivity contribution >= 4 is 23.3 Å². The van der Waals surface area contributed by atoms with Crippen LogP contribution in [0.4, 0.5) is 11.5 Å². The van der Waals surface area contributed by atoms with Crippen LogP contribution in [0, 0.1) is 0 Å². The summed E-state index contributed by atoms with van der Waals surface area (Å²) in [6, 6.07) is 10.2. The van der Waals surface area contributed by atoms with Crippen molar-refractivity contribution in [1.82, 2.24) is 4.98 Å². The van der Waals surface area contributed by atoms with Gasteiger partial charge in [-0.2, -0.15) is 0 Å². The molecule has 0 aliphatic carbocycles. The van der Waals surface area contributed by atoms with E-state index in [0.717, 1.165) is 0 Å². The highest BCUT2D eigenvalue weighted by molar-refractivity contribution is 6.04. The van der Waals surface area contributed by atoms with E-state index in [0.29, 0.717) is 29.2 Å². The van der Waals surface area contributed by atoms with E-state index < -0.39 is 0 Å². The zero-order valence-electron chi connectivity index (χ0n) is 12.4. The number of methoxy groups -OCH3 is 1. The zero-order chi connectivity index (χ0) is 15.9. The van der Waals surface area contributed by atoms with Crippen LogP contribution in [0.25, 0.3) is 0 Å². The smallest absolute Gasteiger partial charge is 0.255 e. The number of aromatic nitrogens is 1. The van der Waals surface area contributed by atoms with Gasteiger partial charge in [0.25, 0.3) is 5.91 Å². The van der Waals surface area contributed by atoms with Crippen LogP contribution < -0.4 is 15.4 Å². The highest BCUT2D eigenvalue weighted by Gasteiger charge is 2.08. The fourth-order valence-corrected chi connectivity index (χ4v) is 1.74. The van der Waals surface area contributed by atoms with Gasteiger partial charge in [-0.15, -0.1) is 0 Å². The SMILES string of the molecule is CCC(=O)Nc1ccc(NC(=O)c2cccc(OC)c2)cn1. The van der Waals surface area contributed by atoms with Gasteiger partial charge in [-0.1, -0.05) is 13.0 Å². The number of amides is 2. The molecule has 6 nitrogen and oxygen atoms in total. The number of carbonyl (C=O) groups excluding carboxylic acids is 2. The molecule has 0 spiro atoms. The fraction of sp³-hybridized carbons (Fsp3) is 0.188. The van der Waals surface area contributed by atoms with Crippen molar-refractivity contribution in [2.45, 2.75) is 13.3 Å². The second-order valence-corrected chi connectivity index (χ2v) is 4.52. The van der Waals surface area contributed by atoms with Crippen LogP contribution in [0.3, 0.4) is 0 Å². The van der Waals surface area contributed by atoms with Crippen LogP contribution in [0.5, 0.6) is 5.75 Å². The molecule has 2 N–H and O–H groups in total. The number of carbonyl (C=O) groups is 2. The Bertz CT molecular complexity index is 669. The molecule has 114 valence electrons. The summed E-state index contributed by atoms with van der Waals surface area (Å²) in [4.78, 5) is 27.5. The Balaban J connectivity index is 2.03. The lowest BCUT2D eigenvalue weighted by Crippen LogP contribution is -2.13. The van der Waals surface area contributed by atoms with Crippen LogP contribution in [-0.2, 0) is 4.79 Å². The van der Waals surface area contributed by atoms with Crippen LogP contribution >= 0.6 is 0 Å². The lowest BCUT2D eigenvalue weighted by molar-refractivity contribution is -0.115. The normalized spacial score (nSPS) is 9.91. The lowest BCUT2D eigenvalue weighted by Gasteiger charge is -2.07. The number of hydrogen-bond donors (Lipinski definition) is 2. The van der Waals surface area contributed by atoms with Gasteiger partial charge < -0.3 is 15.4 Å². The quantitative estimate of drug-likeness (QED) is 0.889. The number of anilines is 2. The molecule has 0 aliphatic rings. The minimum atomic E-state index is -0.258. The van der Waals surface area contributed by atoms with E-state index in [-0.39, 0.29) is 11.8 Å². The summed E-state index contributed by atoms with van der Waals surface area (Å²) in [5, 5.41) is 5.37. The van der Waals surface area contributed by atoms with Crippen molar-refractivity contribution in [2.75, 3.05) is 17.7 Å². The first-order chi connectivity index (χ1) is 10.6. The van der Waals surface area contributed by atoms with Gasteiger partial charge in [0, 0.05) is 12.0 Å². The van der Waals surface area contributed by atoms with Crippen molar-refractivity contribution in [3.8, 4) is 5.75 Å². The number of hydrogen-bond acceptors (Lipinski definition) is 4. The van der Waals surface area contributed by atoms with Gasteiger partial charge in [0.2, 0.25) is 5.91 Å². The molecule has 1 aromatic heterocycles. The standard InChI is InChI=1S/C16H17N3O3/c1-3-15(20)19-14-8-7-12(10-17-14)18-16(21)11-5-4-6-13(9-11)22-2/h4-10H,3H2,1-2H3,(H,18,21)(H,17,19,20). The molecule has 2 amide bonds. The van der Waals surface area contributed by atoms with E-state index in [9.17, 15) is 9.59 Å². The molecule has 0 bridgehead atoms. The summed E-state index contributed by atoms with van der Waals surface area (Å²) >= 11 is 0. The Morgan fingerprint density at radius 1 is 1.18 bits per heavy atom. The summed E-state index contributed by atoms with van der Waals surface area (Å²) in [5.74, 6) is 0.696. The molecule has 1 aromatic carbocycles. The molecule has 0 atom stereocenters. The van der Waals surface area contributed by atoms with Crippen molar-refractivity contribution in [3.05, 3.63) is 48.2 Å². The van der Waals surface area contributed by atoms with Crippen molar-refractivity contribution < 1.29 is 14.3 Å². The number of nitrogens with one attached hydrogen (secondary N) is 2. The molecule has 0 aliphatic heterocycles. The van der Waals surface area contributed by atoms with Gasteiger partial charge in [0.05, 0.1) is 19.0 Å². The van der Waals surface area contributed by atoms with Crippen molar-refractivity contribution in [3.63, 3.8) is 0 Å². The van der Waals surface area contributed by atoms with Crippen LogP contribution in [-0.4, -0.2) is 23.9 Å². The minimum absolute atomic E-state index is 0.110. The maximum Gasteiger partial charge on any atom is 0.255 e. The Morgan fingerprint density at radius 3 is 2.64 bits per heavy atom. The Hall–Kier alpha value is -2.89. The lowest BCUT2D eigenvalue weighted by atomic mass is 10.2. The largest absolute Gasteiger partial charge is 0.497 e. The zero-order valence-corrected chi connectivity index (χ0v) is 12.4. The van der Waals surface area contributed by atoms with E-state index in [1.54, 1.807) is 50.4 Å². The van der Waals surface area contributed by atoms with Gasteiger partial charge in [-0.3, -0.25) is 9.59 Å². The molecule has 0 radical (unpaired) electrons. The van der Waals surface area contributed by atoms with E-state index in [2.05, 4.69) is 15.6 Å². The molecule has 0 fully saturated rings. The van der Waals surface area contributed by atoms with E-state index >= 15 is 0 Å². The number of nitrogens with zero attached hydrogens (tertiary/aromatic N) is 1. The molecule has 2 aromatic rings. The maximum absolute atomic E-state index is 12.1. The van der Waals surface area contributed by atoms with Crippen molar-refractivity contribution in [2.24, 2.45) is 0 Å². The summed E-state index contributed by atoms with van der Waals surface area (Å²) in [5.41, 5.74) is 1.03. The summed E-state index contributed by atoms with van der Waals surface area (Å²) in [6.45, 7) is 1.76.